The van der Waals surface area contributed by atoms with Crippen molar-refractivity contribution in [3.8, 4) is 5.75 Å². The molecule has 2 aliphatic heterocycles. The first-order valence-corrected chi connectivity index (χ1v) is 12.4. The maximum absolute atomic E-state index is 12.4. The summed E-state index contributed by atoms with van der Waals surface area (Å²) in [6.45, 7) is 3.82. The number of piperidine rings is 1. The van der Waals surface area contributed by atoms with E-state index in [4.69, 9.17) is 14.2 Å². The van der Waals surface area contributed by atoms with Crippen molar-refractivity contribution in [3.05, 3.63) is 72.3 Å². The molecule has 0 bridgehead atoms. The monoisotopic (exact) mass is 494 g/mol. The zero-order valence-electron chi connectivity index (χ0n) is 20.9. The Morgan fingerprint density at radius 2 is 1.69 bits per heavy atom. The number of rotatable bonds is 9. The molecule has 1 N–H and O–H groups in total. The van der Waals surface area contributed by atoms with Crippen LogP contribution in [0.3, 0.4) is 0 Å². The summed E-state index contributed by atoms with van der Waals surface area (Å²) in [5.41, 5.74) is 0.608. The molecule has 2 aromatic rings. The Bertz CT molecular complexity index is 1050. The van der Waals surface area contributed by atoms with Crippen LogP contribution in [0, 0.1) is 0 Å². The van der Waals surface area contributed by atoms with E-state index in [9.17, 15) is 14.7 Å². The lowest BCUT2D eigenvalue weighted by atomic mass is 9.87. The van der Waals surface area contributed by atoms with Crippen LogP contribution in [0.5, 0.6) is 5.75 Å². The Hall–Kier alpha value is -3.36. The summed E-state index contributed by atoms with van der Waals surface area (Å²) in [6, 6.07) is 17.4. The van der Waals surface area contributed by atoms with Crippen molar-refractivity contribution in [3.63, 3.8) is 0 Å². The topological polar surface area (TPSA) is 88.5 Å². The molecule has 4 rings (SSSR count). The second kappa shape index (κ2) is 11.1. The van der Waals surface area contributed by atoms with E-state index < -0.39 is 23.5 Å². The number of likely N-dealkylation sites (N-methyl/N-ethyl adjacent to an activating group) is 1. The molecule has 0 amide bonds. The number of hydrogen-bond donors (Lipinski definition) is 1. The van der Waals surface area contributed by atoms with Crippen molar-refractivity contribution in [2.75, 3.05) is 31.6 Å². The fourth-order valence-corrected chi connectivity index (χ4v) is 4.67. The number of carbonyl (C=O) groups excluding carboxylic acids is 2. The third-order valence-electron chi connectivity index (χ3n) is 6.55. The average Bonchev–Trinajstić information content (AvgIpc) is 2.99. The Balaban J connectivity index is 1.51. The number of aliphatic hydroxyl groups is 1. The van der Waals surface area contributed by atoms with Gasteiger partial charge in [-0.05, 0) is 42.7 Å². The minimum absolute atomic E-state index is 0.0749. The van der Waals surface area contributed by atoms with Crippen LogP contribution >= 0.6 is 0 Å². The zero-order valence-corrected chi connectivity index (χ0v) is 20.9. The predicted octanol–water partition coefficient (Wildman–Crippen LogP) is 3.64. The van der Waals surface area contributed by atoms with Crippen LogP contribution in [0.15, 0.2) is 66.7 Å². The molecular formula is C28H34N2O6. The number of nitrogens with zero attached hydrogens (tertiary/aromatic N) is 2. The Kier molecular flexibility index (Phi) is 7.96. The molecule has 1 spiro atoms. The fourth-order valence-electron chi connectivity index (χ4n) is 4.67. The van der Waals surface area contributed by atoms with Crippen LogP contribution < -0.4 is 9.64 Å². The second-order valence-corrected chi connectivity index (χ2v) is 9.50. The van der Waals surface area contributed by atoms with Crippen molar-refractivity contribution in [2.24, 2.45) is 0 Å². The molecule has 2 aromatic carbocycles. The SMILES string of the molecule is CCCCOc1ccc(N(C)CC2(O)CCN(Cc3ccccc3)C3(C2)OC(=O)C=CC(=O)O3)cc1. The molecule has 2 aliphatic rings. The Labute approximate surface area is 212 Å². The average molecular weight is 495 g/mol. The van der Waals surface area contributed by atoms with Crippen LogP contribution in [-0.2, 0) is 25.6 Å². The second-order valence-electron chi connectivity index (χ2n) is 9.50. The normalized spacial score (nSPS) is 21.5. The van der Waals surface area contributed by atoms with E-state index in [2.05, 4.69) is 6.92 Å². The third kappa shape index (κ3) is 6.25. The highest BCUT2D eigenvalue weighted by atomic mass is 16.8. The minimum atomic E-state index is -1.71. The van der Waals surface area contributed by atoms with Crippen LogP contribution in [0.4, 0.5) is 5.69 Å². The first-order chi connectivity index (χ1) is 17.3. The molecule has 0 aromatic heterocycles. The number of likely N-dealkylation sites (tertiary alicyclic amines) is 1. The lowest BCUT2D eigenvalue weighted by Gasteiger charge is -2.50. The van der Waals surface area contributed by atoms with Crippen molar-refractivity contribution >= 4 is 17.6 Å². The smallest absolute Gasteiger partial charge is 0.335 e. The Morgan fingerprint density at radius 1 is 1.03 bits per heavy atom. The van der Waals surface area contributed by atoms with Gasteiger partial charge in [0.2, 0.25) is 0 Å². The summed E-state index contributed by atoms with van der Waals surface area (Å²) in [5.74, 6) is -2.28. The summed E-state index contributed by atoms with van der Waals surface area (Å²) < 4.78 is 17.1. The molecule has 192 valence electrons. The summed E-state index contributed by atoms with van der Waals surface area (Å²) in [7, 11) is 1.89. The van der Waals surface area contributed by atoms with Crippen LogP contribution in [0.1, 0.15) is 38.2 Å². The number of benzene rings is 2. The number of esters is 2. The van der Waals surface area contributed by atoms with Crippen LogP contribution in [-0.4, -0.2) is 60.2 Å². The largest absolute Gasteiger partial charge is 0.494 e. The molecule has 0 radical (unpaired) electrons. The maximum atomic E-state index is 12.4. The zero-order chi connectivity index (χ0) is 25.6. The number of hydrogen-bond acceptors (Lipinski definition) is 8. The van der Waals surface area contributed by atoms with E-state index in [0.29, 0.717) is 26.1 Å². The summed E-state index contributed by atoms with van der Waals surface area (Å²) >= 11 is 0. The molecule has 8 nitrogen and oxygen atoms in total. The lowest BCUT2D eigenvalue weighted by molar-refractivity contribution is -0.317. The van der Waals surface area contributed by atoms with Crippen molar-refractivity contribution in [1.29, 1.82) is 0 Å². The van der Waals surface area contributed by atoms with Gasteiger partial charge in [0.1, 0.15) is 5.75 Å². The molecule has 8 heteroatoms. The van der Waals surface area contributed by atoms with Gasteiger partial charge in [0, 0.05) is 44.5 Å². The van der Waals surface area contributed by atoms with Gasteiger partial charge < -0.3 is 24.2 Å². The molecule has 2 heterocycles. The van der Waals surface area contributed by atoms with Crippen LogP contribution in [0.25, 0.3) is 0 Å². The highest BCUT2D eigenvalue weighted by Gasteiger charge is 2.55. The number of carbonyl (C=O) groups is 2. The van der Waals surface area contributed by atoms with Crippen LogP contribution in [0.2, 0.25) is 0 Å². The van der Waals surface area contributed by atoms with Gasteiger partial charge in [-0.15, -0.1) is 0 Å². The lowest BCUT2D eigenvalue weighted by Crippen LogP contribution is -2.64. The molecular weight excluding hydrogens is 460 g/mol. The molecule has 1 saturated heterocycles. The quantitative estimate of drug-likeness (QED) is 0.418. The summed E-state index contributed by atoms with van der Waals surface area (Å²) in [6.07, 6.45) is 4.53. The van der Waals surface area contributed by atoms with Gasteiger partial charge >= 0.3 is 17.8 Å². The molecule has 1 atom stereocenters. The van der Waals surface area contributed by atoms with Gasteiger partial charge in [-0.3, -0.25) is 0 Å². The van der Waals surface area contributed by atoms with E-state index in [1.807, 2.05) is 71.4 Å². The van der Waals surface area contributed by atoms with Gasteiger partial charge in [-0.2, -0.15) is 0 Å². The molecule has 1 unspecified atom stereocenters. The van der Waals surface area contributed by atoms with E-state index in [1.54, 1.807) is 0 Å². The highest BCUT2D eigenvalue weighted by Crippen LogP contribution is 2.40. The van der Waals surface area contributed by atoms with E-state index in [-0.39, 0.29) is 13.0 Å². The minimum Gasteiger partial charge on any atom is -0.494 e. The van der Waals surface area contributed by atoms with Crippen molar-refractivity contribution in [2.45, 2.75) is 50.7 Å². The maximum Gasteiger partial charge on any atom is 0.335 e. The number of ether oxygens (including phenoxy) is 3. The first-order valence-electron chi connectivity index (χ1n) is 12.4. The van der Waals surface area contributed by atoms with Gasteiger partial charge in [0.25, 0.3) is 0 Å². The van der Waals surface area contributed by atoms with E-state index in [0.717, 1.165) is 42.0 Å². The van der Waals surface area contributed by atoms with Crippen molar-refractivity contribution in [1.82, 2.24) is 4.90 Å². The standard InChI is InChI=1S/C28H34N2O6/c1-3-4-18-34-24-12-10-23(11-13-24)29(2)21-27(33)16-17-30(19-22-8-6-5-7-9-22)28(20-27)35-25(31)14-15-26(32)36-28/h5-15,33H,3-4,16-21H2,1-2H3. The molecule has 36 heavy (non-hydrogen) atoms. The van der Waals surface area contributed by atoms with E-state index in [1.165, 1.54) is 0 Å². The highest BCUT2D eigenvalue weighted by molar-refractivity contribution is 5.93. The third-order valence-corrected chi connectivity index (χ3v) is 6.55. The number of anilines is 1. The van der Waals surface area contributed by atoms with Gasteiger partial charge in [0.05, 0.1) is 18.6 Å². The fraction of sp³-hybridized carbons (Fsp3) is 0.429. The van der Waals surface area contributed by atoms with Gasteiger partial charge in [-0.25, -0.2) is 14.5 Å². The predicted molar refractivity (Wildman–Crippen MR) is 135 cm³/mol. The molecule has 1 fully saturated rings. The summed E-state index contributed by atoms with van der Waals surface area (Å²) in [5, 5.41) is 11.7. The molecule has 0 saturated carbocycles. The van der Waals surface area contributed by atoms with Gasteiger partial charge in [-0.1, -0.05) is 43.7 Å². The molecule has 0 aliphatic carbocycles. The number of unbranched alkanes of at least 4 members (excludes halogenated alkanes) is 1. The first kappa shape index (κ1) is 25.7. The van der Waals surface area contributed by atoms with Crippen molar-refractivity contribution < 1.29 is 28.9 Å². The van der Waals surface area contributed by atoms with E-state index >= 15 is 0 Å². The van der Waals surface area contributed by atoms with Gasteiger partial charge in [0.15, 0.2) is 0 Å². The Morgan fingerprint density at radius 3 is 2.33 bits per heavy atom. The summed E-state index contributed by atoms with van der Waals surface area (Å²) in [4.78, 5) is 28.6.